The van der Waals surface area contributed by atoms with Crippen molar-refractivity contribution >= 4 is 11.9 Å². The van der Waals surface area contributed by atoms with Gasteiger partial charge in [-0.25, -0.2) is 0 Å². The molecule has 5 nitrogen and oxygen atoms in total. The molecule has 0 bridgehead atoms. The van der Waals surface area contributed by atoms with Gasteiger partial charge in [-0.3, -0.25) is 9.59 Å². The van der Waals surface area contributed by atoms with Crippen LogP contribution in [0.25, 0.3) is 0 Å². The standard InChI is InChI=1S/C13H23NO4/c1-3-4-8-18-10(2)12(15)14-7-5-6-11(9-14)13(16)17/h10-11H,3-9H2,1-2H3,(H,16,17)/t10?,11-/m0/s1. The third-order valence-electron chi connectivity index (χ3n) is 3.30. The number of amides is 1. The van der Waals surface area contributed by atoms with Crippen LogP contribution in [0.5, 0.6) is 0 Å². The molecular weight excluding hydrogens is 234 g/mol. The molecule has 1 aliphatic rings. The predicted molar refractivity (Wildman–Crippen MR) is 67.3 cm³/mol. The fourth-order valence-electron chi connectivity index (χ4n) is 2.11. The summed E-state index contributed by atoms with van der Waals surface area (Å²) < 4.78 is 5.45. The molecule has 0 aliphatic carbocycles. The van der Waals surface area contributed by atoms with Crippen LogP contribution in [-0.2, 0) is 14.3 Å². The molecule has 0 aromatic rings. The molecule has 1 aliphatic heterocycles. The number of hydrogen-bond acceptors (Lipinski definition) is 3. The molecule has 0 aromatic heterocycles. The molecule has 1 heterocycles. The zero-order chi connectivity index (χ0) is 13.5. The fraction of sp³-hybridized carbons (Fsp3) is 0.846. The van der Waals surface area contributed by atoms with E-state index in [-0.39, 0.29) is 5.91 Å². The van der Waals surface area contributed by atoms with E-state index in [9.17, 15) is 9.59 Å². The minimum Gasteiger partial charge on any atom is -0.481 e. The van der Waals surface area contributed by atoms with Gasteiger partial charge < -0.3 is 14.7 Å². The molecule has 1 fully saturated rings. The summed E-state index contributed by atoms with van der Waals surface area (Å²) in [5.41, 5.74) is 0. The lowest BCUT2D eigenvalue weighted by Crippen LogP contribution is -2.46. The number of nitrogens with zero attached hydrogens (tertiary/aromatic N) is 1. The van der Waals surface area contributed by atoms with Crippen molar-refractivity contribution in [3.8, 4) is 0 Å². The molecule has 1 unspecified atom stereocenters. The highest BCUT2D eigenvalue weighted by molar-refractivity contribution is 5.81. The Morgan fingerprint density at radius 3 is 2.83 bits per heavy atom. The molecule has 1 rings (SSSR count). The number of carboxylic acids is 1. The van der Waals surface area contributed by atoms with Crippen LogP contribution in [0.3, 0.4) is 0 Å². The molecule has 5 heteroatoms. The lowest BCUT2D eigenvalue weighted by molar-refractivity contribution is -0.150. The topological polar surface area (TPSA) is 66.8 Å². The fourth-order valence-corrected chi connectivity index (χ4v) is 2.11. The van der Waals surface area contributed by atoms with E-state index in [2.05, 4.69) is 6.92 Å². The number of likely N-dealkylation sites (tertiary alicyclic amines) is 1. The molecule has 1 amide bonds. The summed E-state index contributed by atoms with van der Waals surface area (Å²) >= 11 is 0. The number of ether oxygens (including phenoxy) is 1. The first-order valence-electron chi connectivity index (χ1n) is 6.69. The smallest absolute Gasteiger partial charge is 0.308 e. The Kier molecular flexibility index (Phi) is 6.12. The van der Waals surface area contributed by atoms with Gasteiger partial charge in [0.05, 0.1) is 5.92 Å². The molecule has 0 radical (unpaired) electrons. The number of aliphatic carboxylic acids is 1. The van der Waals surface area contributed by atoms with Gasteiger partial charge in [-0.2, -0.15) is 0 Å². The van der Waals surface area contributed by atoms with Crippen molar-refractivity contribution in [1.82, 2.24) is 4.90 Å². The highest BCUT2D eigenvalue weighted by Crippen LogP contribution is 2.17. The second-order valence-electron chi connectivity index (χ2n) is 4.83. The second-order valence-corrected chi connectivity index (χ2v) is 4.83. The summed E-state index contributed by atoms with van der Waals surface area (Å²) in [5, 5.41) is 8.98. The van der Waals surface area contributed by atoms with E-state index in [1.54, 1.807) is 11.8 Å². The summed E-state index contributed by atoms with van der Waals surface area (Å²) in [6.45, 7) is 5.35. The molecule has 18 heavy (non-hydrogen) atoms. The molecule has 1 N–H and O–H groups in total. The largest absolute Gasteiger partial charge is 0.481 e. The predicted octanol–water partition coefficient (Wildman–Crippen LogP) is 1.51. The Morgan fingerprint density at radius 2 is 2.22 bits per heavy atom. The van der Waals surface area contributed by atoms with Crippen molar-refractivity contribution in [2.75, 3.05) is 19.7 Å². The van der Waals surface area contributed by atoms with Gasteiger partial charge in [-0.15, -0.1) is 0 Å². The third kappa shape index (κ3) is 4.29. The maximum absolute atomic E-state index is 12.1. The number of rotatable bonds is 6. The van der Waals surface area contributed by atoms with Crippen LogP contribution < -0.4 is 0 Å². The van der Waals surface area contributed by atoms with Crippen LogP contribution in [-0.4, -0.2) is 47.7 Å². The minimum atomic E-state index is -0.813. The number of piperidine rings is 1. The van der Waals surface area contributed by atoms with Gasteiger partial charge in [0.25, 0.3) is 5.91 Å². The number of unbranched alkanes of at least 4 members (excludes halogenated alkanes) is 1. The van der Waals surface area contributed by atoms with Gasteiger partial charge in [-0.05, 0) is 26.2 Å². The first kappa shape index (κ1) is 15.0. The molecule has 0 aromatic carbocycles. The van der Waals surface area contributed by atoms with Crippen molar-refractivity contribution < 1.29 is 19.4 Å². The van der Waals surface area contributed by atoms with Crippen molar-refractivity contribution in [3.05, 3.63) is 0 Å². The van der Waals surface area contributed by atoms with Gasteiger partial charge in [0.2, 0.25) is 0 Å². The van der Waals surface area contributed by atoms with Crippen molar-refractivity contribution in [3.63, 3.8) is 0 Å². The Labute approximate surface area is 108 Å². The lowest BCUT2D eigenvalue weighted by Gasteiger charge is -2.32. The summed E-state index contributed by atoms with van der Waals surface area (Å²) in [6.07, 6.45) is 2.92. The molecule has 1 saturated heterocycles. The zero-order valence-corrected chi connectivity index (χ0v) is 11.2. The van der Waals surface area contributed by atoms with Crippen LogP contribution >= 0.6 is 0 Å². The Hall–Kier alpha value is -1.10. The van der Waals surface area contributed by atoms with Gasteiger partial charge in [0, 0.05) is 19.7 Å². The summed E-state index contributed by atoms with van der Waals surface area (Å²) in [7, 11) is 0. The Balaban J connectivity index is 2.42. The monoisotopic (exact) mass is 257 g/mol. The van der Waals surface area contributed by atoms with E-state index in [1.165, 1.54) is 0 Å². The first-order valence-corrected chi connectivity index (χ1v) is 6.69. The highest BCUT2D eigenvalue weighted by atomic mass is 16.5. The third-order valence-corrected chi connectivity index (χ3v) is 3.30. The number of hydrogen-bond donors (Lipinski definition) is 1. The second kappa shape index (κ2) is 7.36. The zero-order valence-electron chi connectivity index (χ0n) is 11.2. The normalized spacial score (nSPS) is 21.7. The average Bonchev–Trinajstić information content (AvgIpc) is 2.38. The van der Waals surface area contributed by atoms with E-state index in [4.69, 9.17) is 9.84 Å². The van der Waals surface area contributed by atoms with E-state index in [0.717, 1.165) is 19.3 Å². The molecule has 2 atom stereocenters. The van der Waals surface area contributed by atoms with Gasteiger partial charge >= 0.3 is 5.97 Å². The van der Waals surface area contributed by atoms with Crippen LogP contribution in [0.4, 0.5) is 0 Å². The summed E-state index contributed by atoms with van der Waals surface area (Å²) in [6, 6.07) is 0. The molecular formula is C13H23NO4. The van der Waals surface area contributed by atoms with Gasteiger partial charge in [0.1, 0.15) is 6.10 Å². The minimum absolute atomic E-state index is 0.0861. The van der Waals surface area contributed by atoms with Crippen molar-refractivity contribution in [1.29, 1.82) is 0 Å². The van der Waals surface area contributed by atoms with Crippen molar-refractivity contribution in [2.24, 2.45) is 5.92 Å². The SMILES string of the molecule is CCCCOC(C)C(=O)N1CCC[C@H](C(=O)O)C1. The average molecular weight is 257 g/mol. The summed E-state index contributed by atoms with van der Waals surface area (Å²) in [5.74, 6) is -1.32. The summed E-state index contributed by atoms with van der Waals surface area (Å²) in [4.78, 5) is 24.6. The Morgan fingerprint density at radius 1 is 1.50 bits per heavy atom. The molecule has 104 valence electrons. The van der Waals surface area contributed by atoms with E-state index in [1.807, 2.05) is 0 Å². The lowest BCUT2D eigenvalue weighted by atomic mass is 9.98. The molecule has 0 spiro atoms. The number of carboxylic acid groups (broad SMARTS) is 1. The van der Waals surface area contributed by atoms with Crippen LogP contribution in [0.15, 0.2) is 0 Å². The van der Waals surface area contributed by atoms with Crippen LogP contribution in [0.1, 0.15) is 39.5 Å². The highest BCUT2D eigenvalue weighted by Gasteiger charge is 2.30. The molecule has 0 saturated carbocycles. The number of carbonyl (C=O) groups excluding carboxylic acids is 1. The first-order chi connectivity index (χ1) is 8.56. The Bertz CT molecular complexity index is 293. The van der Waals surface area contributed by atoms with Crippen LogP contribution in [0.2, 0.25) is 0 Å². The number of carbonyl (C=O) groups is 2. The quantitative estimate of drug-likeness (QED) is 0.732. The van der Waals surface area contributed by atoms with Gasteiger partial charge in [-0.1, -0.05) is 13.3 Å². The maximum Gasteiger partial charge on any atom is 0.308 e. The van der Waals surface area contributed by atoms with Crippen LogP contribution in [0, 0.1) is 5.92 Å². The van der Waals surface area contributed by atoms with E-state index < -0.39 is 18.0 Å². The van der Waals surface area contributed by atoms with E-state index >= 15 is 0 Å². The van der Waals surface area contributed by atoms with Gasteiger partial charge in [0.15, 0.2) is 0 Å². The van der Waals surface area contributed by atoms with Crippen molar-refractivity contribution in [2.45, 2.75) is 45.6 Å². The van der Waals surface area contributed by atoms with E-state index in [0.29, 0.717) is 26.1 Å². The maximum atomic E-state index is 12.1.